The van der Waals surface area contributed by atoms with E-state index in [9.17, 15) is 14.7 Å². The Labute approximate surface area is 147 Å². The number of nitrogens with one attached hydrogen (secondary N) is 1. The van der Waals surface area contributed by atoms with Crippen molar-refractivity contribution in [3.8, 4) is 5.75 Å². The van der Waals surface area contributed by atoms with E-state index in [4.69, 9.17) is 4.74 Å². The van der Waals surface area contributed by atoms with Crippen molar-refractivity contribution in [1.29, 1.82) is 0 Å². The van der Waals surface area contributed by atoms with E-state index in [0.717, 1.165) is 5.56 Å². The second-order valence-electron chi connectivity index (χ2n) is 6.04. The van der Waals surface area contributed by atoms with Crippen molar-refractivity contribution in [3.05, 3.63) is 59.7 Å². The third-order valence-electron chi connectivity index (χ3n) is 3.77. The van der Waals surface area contributed by atoms with E-state index >= 15 is 0 Å². The van der Waals surface area contributed by atoms with Crippen LogP contribution in [0, 0.1) is 0 Å². The summed E-state index contributed by atoms with van der Waals surface area (Å²) in [6.45, 7) is 5.68. The number of ether oxygens (including phenoxy) is 1. The van der Waals surface area contributed by atoms with Crippen molar-refractivity contribution in [2.24, 2.45) is 0 Å². The third-order valence-corrected chi connectivity index (χ3v) is 3.77. The molecule has 0 aliphatic heterocycles. The molecule has 1 unspecified atom stereocenters. The molecule has 5 nitrogen and oxygen atoms in total. The molecule has 1 atom stereocenters. The first-order chi connectivity index (χ1) is 11.9. The lowest BCUT2D eigenvalue weighted by atomic mass is 9.95. The Bertz CT molecular complexity index is 741. The summed E-state index contributed by atoms with van der Waals surface area (Å²) in [5, 5.41) is 12.0. The van der Waals surface area contributed by atoms with E-state index < -0.39 is 5.97 Å². The van der Waals surface area contributed by atoms with Gasteiger partial charge in [0.25, 0.3) is 0 Å². The largest absolute Gasteiger partial charge is 0.489 e. The van der Waals surface area contributed by atoms with Crippen LogP contribution in [-0.2, 0) is 4.79 Å². The standard InChI is InChI=1S/C20H23NO4/c1-4-16(14-8-6-5-7-9-14)19(22)21-17-12-15(20(23)24)10-11-18(17)25-13(2)3/h5-13,16H,4H2,1-3H3,(H,21,22)(H,23,24). The van der Waals surface area contributed by atoms with E-state index in [-0.39, 0.29) is 23.5 Å². The summed E-state index contributed by atoms with van der Waals surface area (Å²) >= 11 is 0. The van der Waals surface area contributed by atoms with Gasteiger partial charge in [0.05, 0.1) is 23.3 Å². The van der Waals surface area contributed by atoms with Crippen molar-refractivity contribution in [1.82, 2.24) is 0 Å². The average molecular weight is 341 g/mol. The van der Waals surface area contributed by atoms with Crippen LogP contribution < -0.4 is 10.1 Å². The molecule has 0 spiro atoms. The minimum atomic E-state index is -1.05. The Kier molecular flexibility index (Phi) is 6.17. The molecule has 0 aliphatic rings. The zero-order chi connectivity index (χ0) is 18.4. The lowest BCUT2D eigenvalue weighted by Gasteiger charge is -2.19. The Balaban J connectivity index is 2.31. The number of amides is 1. The highest BCUT2D eigenvalue weighted by molar-refractivity contribution is 5.98. The molecule has 25 heavy (non-hydrogen) atoms. The maximum absolute atomic E-state index is 12.7. The van der Waals surface area contributed by atoms with Crippen LogP contribution in [0.5, 0.6) is 5.75 Å². The first kappa shape index (κ1) is 18.5. The van der Waals surface area contributed by atoms with E-state index in [0.29, 0.717) is 17.9 Å². The molecule has 2 aromatic carbocycles. The van der Waals surface area contributed by atoms with Gasteiger partial charge in [0.2, 0.25) is 5.91 Å². The summed E-state index contributed by atoms with van der Waals surface area (Å²) in [5.74, 6) is -1.11. The topological polar surface area (TPSA) is 75.6 Å². The van der Waals surface area contributed by atoms with E-state index in [2.05, 4.69) is 5.32 Å². The summed E-state index contributed by atoms with van der Waals surface area (Å²) in [4.78, 5) is 24.0. The van der Waals surface area contributed by atoms with Crippen LogP contribution in [-0.4, -0.2) is 23.1 Å². The van der Waals surface area contributed by atoms with Crippen LogP contribution >= 0.6 is 0 Å². The predicted molar refractivity (Wildman–Crippen MR) is 97.3 cm³/mol. The summed E-state index contributed by atoms with van der Waals surface area (Å²) in [7, 11) is 0. The lowest BCUT2D eigenvalue weighted by molar-refractivity contribution is -0.117. The van der Waals surface area contributed by atoms with Gasteiger partial charge in [-0.2, -0.15) is 0 Å². The van der Waals surface area contributed by atoms with Crippen LogP contribution in [0.2, 0.25) is 0 Å². The number of anilines is 1. The van der Waals surface area contributed by atoms with Crippen LogP contribution in [0.25, 0.3) is 0 Å². The smallest absolute Gasteiger partial charge is 0.335 e. The fourth-order valence-electron chi connectivity index (χ4n) is 2.60. The number of carboxylic acid groups (broad SMARTS) is 1. The fourth-order valence-corrected chi connectivity index (χ4v) is 2.60. The van der Waals surface area contributed by atoms with Crippen LogP contribution in [0.15, 0.2) is 48.5 Å². The Morgan fingerprint density at radius 1 is 1.12 bits per heavy atom. The lowest BCUT2D eigenvalue weighted by Crippen LogP contribution is -2.21. The highest BCUT2D eigenvalue weighted by Gasteiger charge is 2.21. The van der Waals surface area contributed by atoms with Crippen molar-refractivity contribution >= 4 is 17.6 Å². The molecule has 0 radical (unpaired) electrons. The van der Waals surface area contributed by atoms with Crippen molar-refractivity contribution in [2.75, 3.05) is 5.32 Å². The molecule has 2 rings (SSSR count). The van der Waals surface area contributed by atoms with E-state index in [1.807, 2.05) is 51.1 Å². The molecule has 0 heterocycles. The average Bonchev–Trinajstić information content (AvgIpc) is 2.57. The molecule has 132 valence electrons. The number of benzene rings is 2. The second-order valence-corrected chi connectivity index (χ2v) is 6.04. The molecule has 2 N–H and O–H groups in total. The highest BCUT2D eigenvalue weighted by Crippen LogP contribution is 2.29. The number of carbonyl (C=O) groups is 2. The van der Waals surface area contributed by atoms with Gasteiger partial charge in [0.15, 0.2) is 0 Å². The van der Waals surface area contributed by atoms with E-state index in [1.54, 1.807) is 6.07 Å². The molecule has 2 aromatic rings. The Morgan fingerprint density at radius 3 is 2.36 bits per heavy atom. The minimum Gasteiger partial charge on any atom is -0.489 e. The maximum Gasteiger partial charge on any atom is 0.335 e. The molecule has 1 amide bonds. The molecular weight excluding hydrogens is 318 g/mol. The first-order valence-electron chi connectivity index (χ1n) is 8.32. The molecule has 0 saturated carbocycles. The van der Waals surface area contributed by atoms with Gasteiger partial charge >= 0.3 is 5.97 Å². The summed E-state index contributed by atoms with van der Waals surface area (Å²) < 4.78 is 5.69. The van der Waals surface area contributed by atoms with Gasteiger partial charge < -0.3 is 15.2 Å². The molecule has 0 saturated heterocycles. The zero-order valence-electron chi connectivity index (χ0n) is 14.7. The molecule has 0 bridgehead atoms. The van der Waals surface area contributed by atoms with E-state index in [1.165, 1.54) is 12.1 Å². The van der Waals surface area contributed by atoms with Crippen LogP contribution in [0.1, 0.15) is 49.0 Å². The number of rotatable bonds is 7. The van der Waals surface area contributed by atoms with Crippen molar-refractivity contribution < 1.29 is 19.4 Å². The van der Waals surface area contributed by atoms with Crippen molar-refractivity contribution in [3.63, 3.8) is 0 Å². The molecule has 0 fully saturated rings. The fraction of sp³-hybridized carbons (Fsp3) is 0.300. The number of carboxylic acids is 1. The number of hydrogen-bond acceptors (Lipinski definition) is 3. The minimum absolute atomic E-state index is 0.0950. The van der Waals surface area contributed by atoms with Gasteiger partial charge in [-0.15, -0.1) is 0 Å². The SMILES string of the molecule is CCC(C(=O)Nc1cc(C(=O)O)ccc1OC(C)C)c1ccccc1. The molecule has 0 aliphatic carbocycles. The Morgan fingerprint density at radius 2 is 1.80 bits per heavy atom. The molecule has 0 aromatic heterocycles. The molecule has 5 heteroatoms. The molecular formula is C20H23NO4. The first-order valence-corrected chi connectivity index (χ1v) is 8.32. The number of aromatic carboxylic acids is 1. The van der Waals surface area contributed by atoms with Gasteiger partial charge in [0, 0.05) is 0 Å². The number of hydrogen-bond donors (Lipinski definition) is 2. The third kappa shape index (κ3) is 4.83. The summed E-state index contributed by atoms with van der Waals surface area (Å²) in [6.07, 6.45) is 0.539. The van der Waals surface area contributed by atoms with Crippen LogP contribution in [0.3, 0.4) is 0 Å². The Hall–Kier alpha value is -2.82. The van der Waals surface area contributed by atoms with Gasteiger partial charge in [-0.05, 0) is 44.0 Å². The van der Waals surface area contributed by atoms with Gasteiger partial charge in [-0.25, -0.2) is 4.79 Å². The summed E-state index contributed by atoms with van der Waals surface area (Å²) in [6, 6.07) is 14.0. The quantitative estimate of drug-likeness (QED) is 0.787. The van der Waals surface area contributed by atoms with Crippen molar-refractivity contribution in [2.45, 2.75) is 39.2 Å². The number of carbonyl (C=O) groups excluding carboxylic acids is 1. The summed E-state index contributed by atoms with van der Waals surface area (Å²) in [5.41, 5.74) is 1.38. The zero-order valence-corrected chi connectivity index (χ0v) is 14.7. The van der Waals surface area contributed by atoms with Gasteiger partial charge in [0.1, 0.15) is 5.75 Å². The monoisotopic (exact) mass is 341 g/mol. The highest BCUT2D eigenvalue weighted by atomic mass is 16.5. The second kappa shape index (κ2) is 8.33. The normalized spacial score (nSPS) is 11.8. The van der Waals surface area contributed by atoms with Gasteiger partial charge in [-0.1, -0.05) is 37.3 Å². The van der Waals surface area contributed by atoms with Gasteiger partial charge in [-0.3, -0.25) is 4.79 Å². The maximum atomic E-state index is 12.7. The van der Waals surface area contributed by atoms with Crippen LogP contribution in [0.4, 0.5) is 5.69 Å². The predicted octanol–water partition coefficient (Wildman–Crippen LogP) is 4.30.